The predicted octanol–water partition coefficient (Wildman–Crippen LogP) is 2.41. The van der Waals surface area contributed by atoms with E-state index in [1.54, 1.807) is 18.4 Å². The summed E-state index contributed by atoms with van der Waals surface area (Å²) in [5, 5.41) is 4.11. The van der Waals surface area contributed by atoms with Crippen LogP contribution in [0.3, 0.4) is 0 Å². The summed E-state index contributed by atoms with van der Waals surface area (Å²) in [6.45, 7) is 1.68. The molecule has 1 amide bonds. The smallest absolute Gasteiger partial charge is 0.225 e. The number of nitrogens with zero attached hydrogens (tertiary/aromatic N) is 2. The molecule has 1 aromatic carbocycles. The number of nitrogens with one attached hydrogen (secondary N) is 1. The van der Waals surface area contributed by atoms with Crippen LogP contribution in [0.5, 0.6) is 5.75 Å². The van der Waals surface area contributed by atoms with Gasteiger partial charge in [-0.25, -0.2) is 4.98 Å². The zero-order chi connectivity index (χ0) is 15.1. The van der Waals surface area contributed by atoms with Crippen molar-refractivity contribution in [1.29, 1.82) is 0 Å². The normalized spacial score (nSPS) is 21.3. The number of hydrogen-bond acceptors (Lipinski definition) is 5. The van der Waals surface area contributed by atoms with Crippen LogP contribution in [0.15, 0.2) is 18.2 Å². The van der Waals surface area contributed by atoms with Gasteiger partial charge >= 0.3 is 0 Å². The summed E-state index contributed by atoms with van der Waals surface area (Å²) in [6.07, 6.45) is 3.20. The highest BCUT2D eigenvalue weighted by Crippen LogP contribution is 2.34. The lowest BCUT2D eigenvalue weighted by molar-refractivity contribution is -0.124. The Kier molecular flexibility index (Phi) is 3.41. The van der Waals surface area contributed by atoms with Crippen LogP contribution in [0, 0.1) is 5.92 Å². The zero-order valence-electron chi connectivity index (χ0n) is 12.5. The number of methoxy groups -OCH3 is 1. The van der Waals surface area contributed by atoms with Crippen molar-refractivity contribution in [3.63, 3.8) is 0 Å². The van der Waals surface area contributed by atoms with E-state index in [9.17, 15) is 4.79 Å². The molecule has 22 heavy (non-hydrogen) atoms. The lowest BCUT2D eigenvalue weighted by atomic mass is 10.1. The van der Waals surface area contributed by atoms with E-state index in [4.69, 9.17) is 9.72 Å². The molecule has 2 heterocycles. The number of fused-ring (bicyclic) bond motifs is 1. The molecule has 0 bridgehead atoms. The van der Waals surface area contributed by atoms with Gasteiger partial charge < -0.3 is 15.0 Å². The number of amides is 1. The van der Waals surface area contributed by atoms with Crippen molar-refractivity contribution in [2.24, 2.45) is 5.92 Å². The van der Waals surface area contributed by atoms with Crippen LogP contribution in [0.2, 0.25) is 0 Å². The number of carbonyl (C=O) groups is 1. The van der Waals surface area contributed by atoms with Crippen molar-refractivity contribution in [3.05, 3.63) is 18.2 Å². The molecule has 1 atom stereocenters. The van der Waals surface area contributed by atoms with Crippen molar-refractivity contribution in [3.8, 4) is 5.75 Å². The topological polar surface area (TPSA) is 54.5 Å². The predicted molar refractivity (Wildman–Crippen MR) is 87.7 cm³/mol. The fourth-order valence-corrected chi connectivity index (χ4v) is 3.83. The van der Waals surface area contributed by atoms with Gasteiger partial charge in [0.25, 0.3) is 0 Å². The molecule has 0 spiro atoms. The van der Waals surface area contributed by atoms with Gasteiger partial charge in [0.05, 0.1) is 23.2 Å². The number of rotatable bonds is 4. The van der Waals surface area contributed by atoms with E-state index in [1.807, 2.05) is 18.2 Å². The minimum atomic E-state index is 0.0992. The molecular weight excluding hydrogens is 298 g/mol. The van der Waals surface area contributed by atoms with Crippen LogP contribution in [-0.2, 0) is 4.79 Å². The first-order chi connectivity index (χ1) is 10.7. The molecular formula is C16H19N3O2S. The lowest BCUT2D eigenvalue weighted by Gasteiger charge is -2.14. The number of anilines is 1. The molecule has 1 N–H and O–H groups in total. The Morgan fingerprint density at radius 1 is 1.41 bits per heavy atom. The molecule has 6 heteroatoms. The van der Waals surface area contributed by atoms with Crippen LogP contribution >= 0.6 is 11.3 Å². The van der Waals surface area contributed by atoms with Crippen LogP contribution in [-0.4, -0.2) is 37.1 Å². The van der Waals surface area contributed by atoms with Crippen molar-refractivity contribution >= 4 is 32.6 Å². The van der Waals surface area contributed by atoms with Crippen LogP contribution in [0.1, 0.15) is 19.3 Å². The average Bonchev–Trinajstić information content (AvgIpc) is 3.06. The summed E-state index contributed by atoms with van der Waals surface area (Å²) in [7, 11) is 1.66. The maximum atomic E-state index is 12.2. The van der Waals surface area contributed by atoms with Gasteiger partial charge in [-0.2, -0.15) is 0 Å². The van der Waals surface area contributed by atoms with E-state index >= 15 is 0 Å². The molecule has 1 aliphatic heterocycles. The van der Waals surface area contributed by atoms with Crippen molar-refractivity contribution < 1.29 is 9.53 Å². The third-order valence-electron chi connectivity index (χ3n) is 4.34. The molecule has 0 radical (unpaired) electrons. The molecule has 2 fully saturated rings. The Balaban J connectivity index is 1.49. The number of hydrogen-bond donors (Lipinski definition) is 1. The minimum Gasteiger partial charge on any atom is -0.497 e. The fourth-order valence-electron chi connectivity index (χ4n) is 2.85. The molecule has 1 aromatic heterocycles. The van der Waals surface area contributed by atoms with Crippen molar-refractivity contribution in [2.75, 3.05) is 25.1 Å². The van der Waals surface area contributed by atoms with Gasteiger partial charge in [-0.15, -0.1) is 0 Å². The monoisotopic (exact) mass is 317 g/mol. The Hall–Kier alpha value is -1.82. The first kappa shape index (κ1) is 13.8. The Bertz CT molecular complexity index is 710. The summed E-state index contributed by atoms with van der Waals surface area (Å²) in [4.78, 5) is 19.1. The van der Waals surface area contributed by atoms with E-state index in [0.717, 1.165) is 53.4 Å². The highest BCUT2D eigenvalue weighted by molar-refractivity contribution is 7.22. The second-order valence-corrected chi connectivity index (χ2v) is 7.05. The van der Waals surface area contributed by atoms with E-state index in [-0.39, 0.29) is 11.8 Å². The summed E-state index contributed by atoms with van der Waals surface area (Å²) in [5.41, 5.74) is 0.963. The maximum Gasteiger partial charge on any atom is 0.225 e. The number of aromatic nitrogens is 1. The number of thiazole rings is 1. The highest BCUT2D eigenvalue weighted by Gasteiger charge is 2.33. The van der Waals surface area contributed by atoms with Gasteiger partial charge in [0, 0.05) is 25.2 Å². The van der Waals surface area contributed by atoms with E-state index < -0.39 is 0 Å². The van der Waals surface area contributed by atoms with Gasteiger partial charge in [-0.3, -0.25) is 4.79 Å². The fraction of sp³-hybridized carbons (Fsp3) is 0.500. The number of benzene rings is 1. The quantitative estimate of drug-likeness (QED) is 0.941. The SMILES string of the molecule is COc1ccc2sc(N3CCC(C(=O)NC4CC4)C3)nc2c1. The van der Waals surface area contributed by atoms with Gasteiger partial charge in [0.2, 0.25) is 5.91 Å². The summed E-state index contributed by atoms with van der Waals surface area (Å²) in [5.74, 6) is 1.14. The van der Waals surface area contributed by atoms with Crippen molar-refractivity contribution in [1.82, 2.24) is 10.3 Å². The van der Waals surface area contributed by atoms with Gasteiger partial charge in [0.15, 0.2) is 5.13 Å². The maximum absolute atomic E-state index is 12.2. The summed E-state index contributed by atoms with van der Waals surface area (Å²) >= 11 is 1.68. The number of carbonyl (C=O) groups excluding carboxylic acids is 1. The third-order valence-corrected chi connectivity index (χ3v) is 5.43. The second kappa shape index (κ2) is 5.43. The first-order valence-electron chi connectivity index (χ1n) is 7.73. The Morgan fingerprint density at radius 3 is 3.05 bits per heavy atom. The van der Waals surface area contributed by atoms with Crippen molar-refractivity contribution in [2.45, 2.75) is 25.3 Å². The molecule has 4 rings (SSSR count). The molecule has 5 nitrogen and oxygen atoms in total. The molecule has 1 saturated heterocycles. The Labute approximate surface area is 133 Å². The van der Waals surface area contributed by atoms with E-state index in [1.165, 1.54) is 0 Å². The highest BCUT2D eigenvalue weighted by atomic mass is 32.1. The summed E-state index contributed by atoms with van der Waals surface area (Å²) < 4.78 is 6.40. The number of ether oxygens (including phenoxy) is 1. The first-order valence-corrected chi connectivity index (χ1v) is 8.54. The largest absolute Gasteiger partial charge is 0.497 e. The van der Waals surface area contributed by atoms with E-state index in [2.05, 4.69) is 10.2 Å². The summed E-state index contributed by atoms with van der Waals surface area (Å²) in [6, 6.07) is 6.41. The van der Waals surface area contributed by atoms with Gasteiger partial charge in [0.1, 0.15) is 5.75 Å². The lowest BCUT2D eigenvalue weighted by Crippen LogP contribution is -2.34. The molecule has 116 valence electrons. The third kappa shape index (κ3) is 2.63. The molecule has 1 saturated carbocycles. The van der Waals surface area contributed by atoms with Crippen LogP contribution < -0.4 is 15.0 Å². The average molecular weight is 317 g/mol. The zero-order valence-corrected chi connectivity index (χ0v) is 13.4. The van der Waals surface area contributed by atoms with Crippen LogP contribution in [0.25, 0.3) is 10.2 Å². The molecule has 1 aliphatic carbocycles. The minimum absolute atomic E-state index is 0.0992. The van der Waals surface area contributed by atoms with E-state index in [0.29, 0.717) is 6.04 Å². The Morgan fingerprint density at radius 2 is 2.27 bits per heavy atom. The van der Waals surface area contributed by atoms with Crippen LogP contribution in [0.4, 0.5) is 5.13 Å². The van der Waals surface area contributed by atoms with Gasteiger partial charge in [-0.1, -0.05) is 11.3 Å². The molecule has 2 aromatic rings. The van der Waals surface area contributed by atoms with Gasteiger partial charge in [-0.05, 0) is 31.4 Å². The standard InChI is InChI=1S/C16H19N3O2S/c1-21-12-4-5-14-13(8-12)18-16(22-14)19-7-6-10(9-19)15(20)17-11-2-3-11/h4-5,8,10-11H,2-3,6-7,9H2,1H3,(H,17,20). The molecule has 1 unspecified atom stereocenters. The molecule has 2 aliphatic rings. The second-order valence-electron chi connectivity index (χ2n) is 6.04.